The van der Waals surface area contributed by atoms with Crippen molar-refractivity contribution in [3.8, 4) is 0 Å². The summed E-state index contributed by atoms with van der Waals surface area (Å²) in [5.74, 6) is -0.592. The molecule has 0 spiro atoms. The fourth-order valence-electron chi connectivity index (χ4n) is 9.31. The summed E-state index contributed by atoms with van der Waals surface area (Å²) in [6, 6.07) is -1.01. The van der Waals surface area contributed by atoms with Crippen LogP contribution >= 0.6 is 0 Å². The van der Waals surface area contributed by atoms with E-state index in [0.29, 0.717) is 19.3 Å². The van der Waals surface area contributed by atoms with E-state index in [-0.39, 0.29) is 0 Å². The first-order chi connectivity index (χ1) is 32.0. The van der Waals surface area contributed by atoms with Crippen LogP contribution < -0.4 is 5.32 Å². The first-order valence-corrected chi connectivity index (χ1v) is 29.2. The number of carbonyl (C=O) groups excluding carboxylic acids is 1. The predicted molar refractivity (Wildman–Crippen MR) is 284 cm³/mol. The van der Waals surface area contributed by atoms with E-state index in [4.69, 9.17) is 0 Å². The molecule has 1 amide bonds. The molecule has 0 aromatic heterocycles. The summed E-state index contributed by atoms with van der Waals surface area (Å²) >= 11 is 0. The zero-order chi connectivity index (χ0) is 47.4. The number of allylic oxidation sites excluding steroid dienone is 4. The molecule has 65 heavy (non-hydrogen) atoms. The van der Waals surface area contributed by atoms with Gasteiger partial charge in [-0.15, -0.1) is 0 Å². The van der Waals surface area contributed by atoms with Gasteiger partial charge in [0, 0.05) is 0 Å². The Morgan fingerprint density at radius 3 is 0.969 bits per heavy atom. The smallest absolute Gasteiger partial charge is 0.249 e. The third-order valence-electron chi connectivity index (χ3n) is 13.9. The molecule has 4 atom stereocenters. The van der Waals surface area contributed by atoms with Crippen LogP contribution in [0.25, 0.3) is 0 Å². The second-order valence-corrected chi connectivity index (χ2v) is 20.3. The normalized spacial score (nSPS) is 13.9. The molecular formula is C59H115NO5. The summed E-state index contributed by atoms with van der Waals surface area (Å²) in [5, 5.41) is 44.0. The molecule has 0 bridgehead atoms. The van der Waals surface area contributed by atoms with Gasteiger partial charge in [-0.05, 0) is 51.4 Å². The van der Waals surface area contributed by atoms with Crippen LogP contribution in [0.15, 0.2) is 24.3 Å². The lowest BCUT2D eigenvalue weighted by molar-refractivity contribution is -0.132. The lowest BCUT2D eigenvalue weighted by Crippen LogP contribution is -2.53. The zero-order valence-electron chi connectivity index (χ0n) is 43.8. The van der Waals surface area contributed by atoms with E-state index in [1.807, 2.05) is 0 Å². The number of aliphatic hydroxyl groups is 4. The maximum Gasteiger partial charge on any atom is 0.249 e. The number of hydrogen-bond donors (Lipinski definition) is 5. The average molecular weight is 919 g/mol. The highest BCUT2D eigenvalue weighted by Gasteiger charge is 2.28. The van der Waals surface area contributed by atoms with Crippen molar-refractivity contribution < 1.29 is 25.2 Å². The van der Waals surface area contributed by atoms with Gasteiger partial charge in [-0.25, -0.2) is 0 Å². The summed E-state index contributed by atoms with van der Waals surface area (Å²) in [6.45, 7) is 4.08. The fraction of sp³-hybridized carbons (Fsp3) is 0.915. The Hall–Kier alpha value is -1.21. The van der Waals surface area contributed by atoms with E-state index in [2.05, 4.69) is 43.5 Å². The Kier molecular flexibility index (Phi) is 52.7. The van der Waals surface area contributed by atoms with E-state index >= 15 is 0 Å². The standard InChI is InChI=1S/C59H115NO5/c1-3-5-7-9-11-13-15-17-19-21-23-25-26-27-28-29-30-31-32-33-35-36-38-40-42-44-46-48-50-52-56(62)58(64)55(54-61)60-59(65)57(63)53-51-49-47-45-43-41-39-37-34-24-22-20-18-16-14-12-10-8-6-4-2/h36,38,44,46,55-58,61-64H,3-35,37,39-43,45,47-54H2,1-2H3,(H,60,65)/b38-36+,46-44+. The number of nitrogens with one attached hydrogen (secondary N) is 1. The molecule has 0 aliphatic carbocycles. The maximum atomic E-state index is 12.6. The first kappa shape index (κ1) is 63.8. The van der Waals surface area contributed by atoms with Crippen molar-refractivity contribution in [3.05, 3.63) is 24.3 Å². The second-order valence-electron chi connectivity index (χ2n) is 20.3. The first-order valence-electron chi connectivity index (χ1n) is 29.2. The molecule has 0 radical (unpaired) electrons. The van der Waals surface area contributed by atoms with Crippen LogP contribution in [0.2, 0.25) is 0 Å². The molecule has 0 fully saturated rings. The van der Waals surface area contributed by atoms with E-state index < -0.39 is 36.9 Å². The summed E-state index contributed by atoms with van der Waals surface area (Å²) in [4.78, 5) is 12.6. The maximum absolute atomic E-state index is 12.6. The Morgan fingerprint density at radius 2 is 0.646 bits per heavy atom. The molecule has 0 aliphatic heterocycles. The monoisotopic (exact) mass is 918 g/mol. The van der Waals surface area contributed by atoms with E-state index in [1.54, 1.807) is 0 Å². The number of carbonyl (C=O) groups is 1. The van der Waals surface area contributed by atoms with Gasteiger partial charge in [0.2, 0.25) is 5.91 Å². The molecule has 0 aliphatic rings. The van der Waals surface area contributed by atoms with Crippen LogP contribution in [-0.4, -0.2) is 57.3 Å². The number of aliphatic hydroxyl groups excluding tert-OH is 4. The van der Waals surface area contributed by atoms with Crippen molar-refractivity contribution in [3.63, 3.8) is 0 Å². The third kappa shape index (κ3) is 47.6. The number of amides is 1. The van der Waals surface area contributed by atoms with E-state index in [1.165, 1.54) is 244 Å². The molecule has 5 N–H and O–H groups in total. The summed E-state index contributed by atoms with van der Waals surface area (Å²) in [5.41, 5.74) is 0. The molecule has 0 aromatic rings. The average Bonchev–Trinajstić information content (AvgIpc) is 3.31. The molecule has 0 saturated carbocycles. The van der Waals surface area contributed by atoms with Gasteiger partial charge in [0.25, 0.3) is 0 Å². The van der Waals surface area contributed by atoms with E-state index in [0.717, 1.165) is 38.5 Å². The Bertz CT molecular complexity index is 986. The molecule has 386 valence electrons. The van der Waals surface area contributed by atoms with Gasteiger partial charge in [-0.2, -0.15) is 0 Å². The van der Waals surface area contributed by atoms with E-state index in [9.17, 15) is 25.2 Å². The van der Waals surface area contributed by atoms with Crippen molar-refractivity contribution in [2.75, 3.05) is 6.61 Å². The number of hydrogen-bond acceptors (Lipinski definition) is 5. The van der Waals surface area contributed by atoms with Crippen LogP contribution in [0.1, 0.15) is 316 Å². The number of rotatable bonds is 54. The van der Waals surface area contributed by atoms with Gasteiger partial charge in [-0.1, -0.05) is 289 Å². The summed E-state index contributed by atoms with van der Waals surface area (Å²) < 4.78 is 0. The molecule has 0 rings (SSSR count). The van der Waals surface area contributed by atoms with Crippen molar-refractivity contribution >= 4 is 5.91 Å². The van der Waals surface area contributed by atoms with Crippen LogP contribution in [0.4, 0.5) is 0 Å². The summed E-state index contributed by atoms with van der Waals surface area (Å²) in [7, 11) is 0. The molecule has 6 heteroatoms. The highest BCUT2D eigenvalue weighted by Crippen LogP contribution is 2.18. The molecule has 6 nitrogen and oxygen atoms in total. The second kappa shape index (κ2) is 53.7. The predicted octanol–water partition coefficient (Wildman–Crippen LogP) is 17.0. The quantitative estimate of drug-likeness (QED) is 0.0308. The molecule has 4 unspecified atom stereocenters. The highest BCUT2D eigenvalue weighted by atomic mass is 16.3. The minimum Gasteiger partial charge on any atom is -0.394 e. The minimum absolute atomic E-state index is 0.364. The molecule has 0 saturated heterocycles. The van der Waals surface area contributed by atoms with Crippen molar-refractivity contribution in [1.29, 1.82) is 0 Å². The van der Waals surface area contributed by atoms with Crippen molar-refractivity contribution in [1.82, 2.24) is 5.32 Å². The fourth-order valence-corrected chi connectivity index (χ4v) is 9.31. The van der Waals surface area contributed by atoms with Crippen LogP contribution in [-0.2, 0) is 4.79 Å². The third-order valence-corrected chi connectivity index (χ3v) is 13.9. The van der Waals surface area contributed by atoms with Gasteiger partial charge < -0.3 is 25.7 Å². The van der Waals surface area contributed by atoms with Crippen LogP contribution in [0.5, 0.6) is 0 Å². The van der Waals surface area contributed by atoms with Gasteiger partial charge in [-0.3, -0.25) is 4.79 Å². The van der Waals surface area contributed by atoms with Gasteiger partial charge in [0.15, 0.2) is 0 Å². The Labute approximate surface area is 405 Å². The van der Waals surface area contributed by atoms with Gasteiger partial charge >= 0.3 is 0 Å². The zero-order valence-corrected chi connectivity index (χ0v) is 43.8. The lowest BCUT2D eigenvalue weighted by Gasteiger charge is -2.27. The van der Waals surface area contributed by atoms with Crippen molar-refractivity contribution in [2.45, 2.75) is 340 Å². The Balaban J connectivity index is 3.65. The molecule has 0 heterocycles. The lowest BCUT2D eigenvalue weighted by atomic mass is 10.00. The van der Waals surface area contributed by atoms with Gasteiger partial charge in [0.05, 0.1) is 18.8 Å². The Morgan fingerprint density at radius 1 is 0.369 bits per heavy atom. The topological polar surface area (TPSA) is 110 Å². The van der Waals surface area contributed by atoms with Gasteiger partial charge in [0.1, 0.15) is 12.2 Å². The van der Waals surface area contributed by atoms with Crippen LogP contribution in [0.3, 0.4) is 0 Å². The molecular weight excluding hydrogens is 803 g/mol. The number of unbranched alkanes of at least 4 members (excludes halogenated alkanes) is 41. The van der Waals surface area contributed by atoms with Crippen LogP contribution in [0, 0.1) is 0 Å². The SMILES string of the molecule is CCCCCCCCCCCCCCCCCCCCCC/C=C/CC/C=C/CCCC(O)C(O)C(CO)NC(=O)C(O)CCCCCCCCCCCCCCCCCCCCCC. The molecule has 0 aromatic carbocycles. The van der Waals surface area contributed by atoms with Crippen molar-refractivity contribution in [2.24, 2.45) is 0 Å². The minimum atomic E-state index is -1.29. The summed E-state index contributed by atoms with van der Waals surface area (Å²) in [6.07, 6.45) is 65.5. The largest absolute Gasteiger partial charge is 0.394 e. The highest BCUT2D eigenvalue weighted by molar-refractivity contribution is 5.80.